The Labute approximate surface area is 163 Å². The molecule has 1 aliphatic rings. The number of carbonyl (C=O) groups excluding carboxylic acids is 1. The van der Waals surface area contributed by atoms with E-state index in [4.69, 9.17) is 9.47 Å². The first kappa shape index (κ1) is 18.5. The molecular formula is C20H25N5O3. The monoisotopic (exact) mass is 383 g/mol. The highest BCUT2D eigenvalue weighted by Crippen LogP contribution is 2.30. The van der Waals surface area contributed by atoms with Crippen molar-refractivity contribution >= 4 is 16.8 Å². The Morgan fingerprint density at radius 1 is 1.32 bits per heavy atom. The molecule has 28 heavy (non-hydrogen) atoms. The number of amides is 1. The van der Waals surface area contributed by atoms with Crippen molar-refractivity contribution in [3.63, 3.8) is 0 Å². The van der Waals surface area contributed by atoms with Gasteiger partial charge in [0.1, 0.15) is 5.75 Å². The average molecular weight is 383 g/mol. The number of aromatic nitrogens is 3. The maximum atomic E-state index is 12.5. The molecule has 1 aromatic carbocycles. The number of morpholine rings is 1. The largest absolute Gasteiger partial charge is 0.497 e. The van der Waals surface area contributed by atoms with E-state index in [1.165, 1.54) is 0 Å². The lowest BCUT2D eigenvalue weighted by molar-refractivity contribution is 0.0383. The van der Waals surface area contributed by atoms with Crippen molar-refractivity contribution in [1.29, 1.82) is 0 Å². The number of nitrogens with zero attached hydrogens (tertiary/aromatic N) is 3. The van der Waals surface area contributed by atoms with Crippen molar-refractivity contribution in [3.05, 3.63) is 36.2 Å². The molecule has 0 radical (unpaired) electrons. The van der Waals surface area contributed by atoms with Gasteiger partial charge in [-0.3, -0.25) is 14.4 Å². The van der Waals surface area contributed by atoms with Gasteiger partial charge in [0.05, 0.1) is 26.0 Å². The molecule has 0 saturated carbocycles. The average Bonchev–Trinajstić information content (AvgIpc) is 3.31. The molecule has 3 aromatic rings. The third-order valence-corrected chi connectivity index (χ3v) is 5.09. The summed E-state index contributed by atoms with van der Waals surface area (Å²) in [7, 11) is 3.50. The molecular weight excluding hydrogens is 358 g/mol. The second-order valence-corrected chi connectivity index (χ2v) is 6.86. The number of H-pyrrole nitrogens is 1. The Morgan fingerprint density at radius 2 is 2.14 bits per heavy atom. The summed E-state index contributed by atoms with van der Waals surface area (Å²) in [6.07, 6.45) is 1.93. The van der Waals surface area contributed by atoms with E-state index in [2.05, 4.69) is 20.3 Å². The van der Waals surface area contributed by atoms with E-state index in [0.717, 1.165) is 60.8 Å². The summed E-state index contributed by atoms with van der Waals surface area (Å²) in [5.41, 5.74) is 3.28. The van der Waals surface area contributed by atoms with Gasteiger partial charge < -0.3 is 19.8 Å². The number of carbonyl (C=O) groups is 1. The van der Waals surface area contributed by atoms with Crippen LogP contribution in [-0.2, 0) is 11.8 Å². The van der Waals surface area contributed by atoms with Crippen LogP contribution < -0.4 is 10.1 Å². The summed E-state index contributed by atoms with van der Waals surface area (Å²) >= 11 is 0. The highest BCUT2D eigenvalue weighted by molar-refractivity contribution is 5.98. The van der Waals surface area contributed by atoms with Gasteiger partial charge in [-0.25, -0.2) is 0 Å². The van der Waals surface area contributed by atoms with E-state index in [9.17, 15) is 4.79 Å². The van der Waals surface area contributed by atoms with Crippen LogP contribution in [0.3, 0.4) is 0 Å². The van der Waals surface area contributed by atoms with Crippen LogP contribution in [-0.4, -0.2) is 72.1 Å². The van der Waals surface area contributed by atoms with Gasteiger partial charge in [0, 0.05) is 62.0 Å². The lowest BCUT2D eigenvalue weighted by atomic mass is 10.1. The third kappa shape index (κ3) is 3.74. The van der Waals surface area contributed by atoms with Gasteiger partial charge in [-0.05, 0) is 18.2 Å². The van der Waals surface area contributed by atoms with E-state index in [1.54, 1.807) is 11.8 Å². The number of hydrogen-bond acceptors (Lipinski definition) is 5. The van der Waals surface area contributed by atoms with Crippen molar-refractivity contribution in [2.45, 2.75) is 0 Å². The van der Waals surface area contributed by atoms with E-state index in [1.807, 2.05) is 37.5 Å². The molecule has 8 heteroatoms. The van der Waals surface area contributed by atoms with Crippen LogP contribution in [0, 0.1) is 0 Å². The number of aromatic amines is 1. The number of hydrogen-bond donors (Lipinski definition) is 2. The van der Waals surface area contributed by atoms with Crippen LogP contribution in [0.25, 0.3) is 22.2 Å². The second-order valence-electron chi connectivity index (χ2n) is 6.86. The molecule has 1 fully saturated rings. The summed E-state index contributed by atoms with van der Waals surface area (Å²) < 4.78 is 12.4. The molecule has 0 aliphatic carbocycles. The first-order chi connectivity index (χ1) is 13.7. The van der Waals surface area contributed by atoms with Crippen molar-refractivity contribution in [3.8, 4) is 17.0 Å². The third-order valence-electron chi connectivity index (χ3n) is 5.09. The minimum absolute atomic E-state index is 0.156. The lowest BCUT2D eigenvalue weighted by Gasteiger charge is -2.26. The fraction of sp³-hybridized carbons (Fsp3) is 0.400. The molecule has 2 aromatic heterocycles. The fourth-order valence-corrected chi connectivity index (χ4v) is 3.52. The molecule has 2 N–H and O–H groups in total. The van der Waals surface area contributed by atoms with Gasteiger partial charge in [0.25, 0.3) is 5.91 Å². The Bertz CT molecular complexity index is 972. The maximum Gasteiger partial charge on any atom is 0.271 e. The van der Waals surface area contributed by atoms with Crippen LogP contribution in [0.2, 0.25) is 0 Å². The predicted octanol–water partition coefficient (Wildman–Crippen LogP) is 1.64. The Hall–Kier alpha value is -2.84. The number of methoxy groups -OCH3 is 1. The Kier molecular flexibility index (Phi) is 5.31. The van der Waals surface area contributed by atoms with Crippen LogP contribution in [0.1, 0.15) is 10.5 Å². The SMILES string of the molecule is COc1ccc2c(-c3cc(C(=O)NCCN4CCOCC4)nn3C)c[nH]c2c1. The van der Waals surface area contributed by atoms with Gasteiger partial charge in [-0.2, -0.15) is 5.10 Å². The molecule has 0 bridgehead atoms. The number of ether oxygens (including phenoxy) is 2. The van der Waals surface area contributed by atoms with Crippen LogP contribution >= 0.6 is 0 Å². The van der Waals surface area contributed by atoms with Crippen molar-refractivity contribution in [2.24, 2.45) is 7.05 Å². The van der Waals surface area contributed by atoms with Gasteiger partial charge in [-0.15, -0.1) is 0 Å². The summed E-state index contributed by atoms with van der Waals surface area (Å²) in [6.45, 7) is 4.75. The summed E-state index contributed by atoms with van der Waals surface area (Å²) in [5, 5.41) is 8.43. The van der Waals surface area contributed by atoms with Gasteiger partial charge in [0.15, 0.2) is 5.69 Å². The standard InChI is InChI=1S/C20H25N5O3/c1-24-19(16-13-22-17-11-14(27-2)3-4-15(16)17)12-18(23-24)20(26)21-5-6-25-7-9-28-10-8-25/h3-4,11-13,22H,5-10H2,1-2H3,(H,21,26). The number of aryl methyl sites for hydroxylation is 1. The van der Waals surface area contributed by atoms with Gasteiger partial charge >= 0.3 is 0 Å². The minimum atomic E-state index is -0.156. The number of fused-ring (bicyclic) bond motifs is 1. The van der Waals surface area contributed by atoms with Crippen LogP contribution in [0.5, 0.6) is 5.75 Å². The highest BCUT2D eigenvalue weighted by Gasteiger charge is 2.17. The number of benzene rings is 1. The molecule has 8 nitrogen and oxygen atoms in total. The van der Waals surface area contributed by atoms with Crippen LogP contribution in [0.15, 0.2) is 30.5 Å². The van der Waals surface area contributed by atoms with E-state index in [-0.39, 0.29) is 5.91 Å². The molecule has 148 valence electrons. The van der Waals surface area contributed by atoms with Crippen LogP contribution in [0.4, 0.5) is 0 Å². The topological polar surface area (TPSA) is 84.4 Å². The summed E-state index contributed by atoms with van der Waals surface area (Å²) in [6, 6.07) is 7.72. The second kappa shape index (κ2) is 8.04. The Morgan fingerprint density at radius 3 is 2.93 bits per heavy atom. The van der Waals surface area contributed by atoms with Crippen molar-refractivity contribution < 1.29 is 14.3 Å². The first-order valence-electron chi connectivity index (χ1n) is 9.43. The van der Waals surface area contributed by atoms with E-state index >= 15 is 0 Å². The zero-order valence-corrected chi connectivity index (χ0v) is 16.2. The molecule has 1 amide bonds. The predicted molar refractivity (Wildman–Crippen MR) is 107 cm³/mol. The molecule has 0 atom stereocenters. The number of nitrogens with one attached hydrogen (secondary N) is 2. The summed E-state index contributed by atoms with van der Waals surface area (Å²) in [4.78, 5) is 18.1. The molecule has 0 spiro atoms. The smallest absolute Gasteiger partial charge is 0.271 e. The zero-order chi connectivity index (χ0) is 19.5. The highest BCUT2D eigenvalue weighted by atomic mass is 16.5. The number of rotatable bonds is 6. The zero-order valence-electron chi connectivity index (χ0n) is 16.2. The lowest BCUT2D eigenvalue weighted by Crippen LogP contribution is -2.41. The molecule has 3 heterocycles. The molecule has 1 aliphatic heterocycles. The fourth-order valence-electron chi connectivity index (χ4n) is 3.52. The molecule has 0 unspecified atom stereocenters. The van der Waals surface area contributed by atoms with E-state index < -0.39 is 0 Å². The molecule has 1 saturated heterocycles. The van der Waals surface area contributed by atoms with Gasteiger partial charge in [0.2, 0.25) is 0 Å². The summed E-state index contributed by atoms with van der Waals surface area (Å²) in [5.74, 6) is 0.642. The molecule has 4 rings (SSSR count). The first-order valence-corrected chi connectivity index (χ1v) is 9.43. The van der Waals surface area contributed by atoms with Crippen molar-refractivity contribution in [1.82, 2.24) is 25.0 Å². The van der Waals surface area contributed by atoms with Crippen molar-refractivity contribution in [2.75, 3.05) is 46.5 Å². The quantitative estimate of drug-likeness (QED) is 0.676. The van der Waals surface area contributed by atoms with Gasteiger partial charge in [-0.1, -0.05) is 0 Å². The maximum absolute atomic E-state index is 12.5. The minimum Gasteiger partial charge on any atom is -0.497 e. The van der Waals surface area contributed by atoms with E-state index in [0.29, 0.717) is 12.2 Å². The Balaban J connectivity index is 1.46. The normalized spacial score (nSPS) is 15.1.